The Morgan fingerprint density at radius 3 is 2.59 bits per heavy atom. The summed E-state index contributed by atoms with van der Waals surface area (Å²) in [5.41, 5.74) is 5.11. The van der Waals surface area contributed by atoms with Crippen LogP contribution in [0, 0.1) is 13.8 Å². The number of benzene rings is 1. The molecule has 3 aromatic rings. The van der Waals surface area contributed by atoms with E-state index in [4.69, 9.17) is 4.74 Å². The normalized spacial score (nSPS) is 11.9. The highest BCUT2D eigenvalue weighted by atomic mass is 16.5. The summed E-state index contributed by atoms with van der Waals surface area (Å²) in [6.07, 6.45) is 5.51. The first-order chi connectivity index (χ1) is 10.3. The summed E-state index contributed by atoms with van der Waals surface area (Å²) in [5.74, 6) is 0.891. The molecule has 0 amide bonds. The van der Waals surface area contributed by atoms with Crippen molar-refractivity contribution in [2.24, 2.45) is 0 Å². The molecule has 0 aliphatic carbocycles. The molecule has 3 rings (SSSR count). The smallest absolute Gasteiger partial charge is 0.156 e. The molecule has 0 fully saturated rings. The van der Waals surface area contributed by atoms with E-state index >= 15 is 0 Å². The lowest BCUT2D eigenvalue weighted by molar-refractivity contribution is 0.131. The molecular formula is C18H21N3O. The largest absolute Gasteiger partial charge is 0.488 e. The molecule has 0 aliphatic rings. The number of hydrogen-bond donors (Lipinski definition) is 0. The first-order valence-corrected chi connectivity index (χ1v) is 7.44. The Morgan fingerprint density at radius 1 is 1.14 bits per heavy atom. The first-order valence-electron chi connectivity index (χ1n) is 7.44. The molecule has 2 aromatic heterocycles. The molecule has 0 radical (unpaired) electrons. The summed E-state index contributed by atoms with van der Waals surface area (Å²) in [5, 5.41) is 0. The Kier molecular flexibility index (Phi) is 3.39. The van der Waals surface area contributed by atoms with Gasteiger partial charge in [-0.3, -0.25) is 9.38 Å². The second kappa shape index (κ2) is 5.13. The van der Waals surface area contributed by atoms with E-state index < -0.39 is 0 Å². The number of hydrogen-bond acceptors (Lipinski definition) is 3. The Hall–Kier alpha value is -2.36. The predicted octanol–water partition coefficient (Wildman–Crippen LogP) is 4.19. The maximum absolute atomic E-state index is 5.94. The van der Waals surface area contributed by atoms with Gasteiger partial charge in [0.2, 0.25) is 0 Å². The van der Waals surface area contributed by atoms with Gasteiger partial charge in [-0.25, -0.2) is 4.98 Å². The van der Waals surface area contributed by atoms with Crippen molar-refractivity contribution in [1.29, 1.82) is 0 Å². The van der Waals surface area contributed by atoms with Crippen LogP contribution in [0.3, 0.4) is 0 Å². The zero-order valence-electron chi connectivity index (χ0n) is 13.7. The minimum atomic E-state index is -0.196. The third-order valence-corrected chi connectivity index (χ3v) is 3.48. The number of nitrogens with zero attached hydrogens (tertiary/aromatic N) is 3. The zero-order valence-corrected chi connectivity index (χ0v) is 13.7. The highest BCUT2D eigenvalue weighted by Crippen LogP contribution is 2.30. The number of imidazole rings is 1. The van der Waals surface area contributed by atoms with Crippen LogP contribution in [0.25, 0.3) is 16.9 Å². The zero-order chi connectivity index (χ0) is 15.9. The van der Waals surface area contributed by atoms with Gasteiger partial charge in [0.15, 0.2) is 5.65 Å². The van der Waals surface area contributed by atoms with E-state index in [-0.39, 0.29) is 5.60 Å². The van der Waals surface area contributed by atoms with Gasteiger partial charge in [0.25, 0.3) is 0 Å². The van der Waals surface area contributed by atoms with Gasteiger partial charge in [-0.05, 0) is 58.4 Å². The van der Waals surface area contributed by atoms with Gasteiger partial charge in [-0.2, -0.15) is 0 Å². The van der Waals surface area contributed by atoms with Gasteiger partial charge in [0.05, 0.1) is 17.6 Å². The standard InChI is InChI=1S/C18H21N3O/c1-12-10-14(22-18(3,4)5)6-7-15(12)17-13(2)20-16-11-19-8-9-21(16)17/h6-11H,1-5H3. The van der Waals surface area contributed by atoms with E-state index in [1.165, 1.54) is 5.56 Å². The molecule has 0 atom stereocenters. The second-order valence-corrected chi connectivity index (χ2v) is 6.54. The van der Waals surface area contributed by atoms with Gasteiger partial charge < -0.3 is 4.74 Å². The maximum atomic E-state index is 5.94. The van der Waals surface area contributed by atoms with Crippen LogP contribution >= 0.6 is 0 Å². The van der Waals surface area contributed by atoms with Crippen molar-refractivity contribution < 1.29 is 4.74 Å². The average molecular weight is 295 g/mol. The molecule has 22 heavy (non-hydrogen) atoms. The fraction of sp³-hybridized carbons (Fsp3) is 0.333. The van der Waals surface area contributed by atoms with Gasteiger partial charge in [0.1, 0.15) is 11.4 Å². The van der Waals surface area contributed by atoms with Crippen LogP contribution in [0.15, 0.2) is 36.8 Å². The van der Waals surface area contributed by atoms with Gasteiger partial charge in [0, 0.05) is 18.0 Å². The Bertz CT molecular complexity index is 828. The molecule has 114 valence electrons. The van der Waals surface area contributed by atoms with Crippen LogP contribution in [-0.2, 0) is 0 Å². The van der Waals surface area contributed by atoms with Crippen molar-refractivity contribution in [2.75, 3.05) is 0 Å². The minimum Gasteiger partial charge on any atom is -0.488 e. The molecule has 2 heterocycles. The van der Waals surface area contributed by atoms with Crippen molar-refractivity contribution in [2.45, 2.75) is 40.2 Å². The molecule has 0 bridgehead atoms. The van der Waals surface area contributed by atoms with Crippen molar-refractivity contribution in [3.63, 3.8) is 0 Å². The summed E-state index contributed by atoms with van der Waals surface area (Å²) in [4.78, 5) is 8.72. The van der Waals surface area contributed by atoms with Crippen LogP contribution in [-0.4, -0.2) is 20.0 Å². The van der Waals surface area contributed by atoms with Crippen LogP contribution < -0.4 is 4.74 Å². The van der Waals surface area contributed by atoms with Crippen LogP contribution in [0.2, 0.25) is 0 Å². The van der Waals surface area contributed by atoms with Crippen molar-refractivity contribution in [1.82, 2.24) is 14.4 Å². The van der Waals surface area contributed by atoms with E-state index in [9.17, 15) is 0 Å². The molecule has 4 heteroatoms. The predicted molar refractivity (Wildman–Crippen MR) is 88.3 cm³/mol. The summed E-state index contributed by atoms with van der Waals surface area (Å²) in [7, 11) is 0. The summed E-state index contributed by atoms with van der Waals surface area (Å²) in [6, 6.07) is 6.21. The van der Waals surface area contributed by atoms with Crippen molar-refractivity contribution in [3.8, 4) is 17.0 Å². The lowest BCUT2D eigenvalue weighted by atomic mass is 10.0. The second-order valence-electron chi connectivity index (χ2n) is 6.54. The fourth-order valence-electron chi connectivity index (χ4n) is 2.67. The number of aromatic nitrogens is 3. The number of rotatable bonds is 2. The van der Waals surface area contributed by atoms with E-state index in [1.54, 1.807) is 12.4 Å². The summed E-state index contributed by atoms with van der Waals surface area (Å²) < 4.78 is 8.02. The molecule has 0 saturated heterocycles. The minimum absolute atomic E-state index is 0.196. The first kappa shape index (κ1) is 14.6. The molecule has 0 N–H and O–H groups in total. The topological polar surface area (TPSA) is 39.4 Å². The monoisotopic (exact) mass is 295 g/mol. The lowest BCUT2D eigenvalue weighted by Gasteiger charge is -2.22. The molecule has 4 nitrogen and oxygen atoms in total. The van der Waals surface area contributed by atoms with E-state index in [2.05, 4.69) is 54.2 Å². The molecule has 0 saturated carbocycles. The quantitative estimate of drug-likeness (QED) is 0.711. The van der Waals surface area contributed by atoms with Gasteiger partial charge >= 0.3 is 0 Å². The molecule has 1 aromatic carbocycles. The van der Waals surface area contributed by atoms with E-state index in [0.29, 0.717) is 0 Å². The highest BCUT2D eigenvalue weighted by molar-refractivity contribution is 5.70. The Labute approximate surface area is 130 Å². The molecule has 0 spiro atoms. The van der Waals surface area contributed by atoms with Crippen LogP contribution in [0.1, 0.15) is 32.0 Å². The Balaban J connectivity index is 2.10. The molecule has 0 aliphatic heterocycles. The third-order valence-electron chi connectivity index (χ3n) is 3.48. The van der Waals surface area contributed by atoms with Crippen molar-refractivity contribution >= 4 is 5.65 Å². The lowest BCUT2D eigenvalue weighted by Crippen LogP contribution is -2.22. The summed E-state index contributed by atoms with van der Waals surface area (Å²) >= 11 is 0. The van der Waals surface area contributed by atoms with Gasteiger partial charge in [-0.1, -0.05) is 0 Å². The Morgan fingerprint density at radius 2 is 1.91 bits per heavy atom. The fourth-order valence-corrected chi connectivity index (χ4v) is 2.67. The van der Waals surface area contributed by atoms with E-state index in [1.807, 2.05) is 19.2 Å². The number of aryl methyl sites for hydroxylation is 2. The molecular weight excluding hydrogens is 274 g/mol. The third kappa shape index (κ3) is 2.69. The van der Waals surface area contributed by atoms with E-state index in [0.717, 1.165) is 28.3 Å². The average Bonchev–Trinajstić information content (AvgIpc) is 2.73. The summed E-state index contributed by atoms with van der Waals surface area (Å²) in [6.45, 7) is 10.3. The SMILES string of the molecule is Cc1cc(OC(C)(C)C)ccc1-c1c(C)nc2cnccn12. The highest BCUT2D eigenvalue weighted by Gasteiger charge is 2.16. The number of ether oxygens (including phenoxy) is 1. The maximum Gasteiger partial charge on any atom is 0.156 e. The van der Waals surface area contributed by atoms with Crippen molar-refractivity contribution in [3.05, 3.63) is 48.0 Å². The van der Waals surface area contributed by atoms with Crippen LogP contribution in [0.4, 0.5) is 0 Å². The number of fused-ring (bicyclic) bond motifs is 1. The van der Waals surface area contributed by atoms with Gasteiger partial charge in [-0.15, -0.1) is 0 Å². The van der Waals surface area contributed by atoms with Crippen LogP contribution in [0.5, 0.6) is 5.75 Å². The molecule has 0 unspecified atom stereocenters.